The van der Waals surface area contributed by atoms with Crippen molar-refractivity contribution in [3.8, 4) is 5.69 Å². The molecule has 1 fully saturated rings. The first-order valence-electron chi connectivity index (χ1n) is 19.0. The summed E-state index contributed by atoms with van der Waals surface area (Å²) in [4.78, 5) is 2.37. The van der Waals surface area contributed by atoms with Gasteiger partial charge in [0.2, 0.25) is 0 Å². The van der Waals surface area contributed by atoms with E-state index in [1.165, 1.54) is 104 Å². The van der Waals surface area contributed by atoms with E-state index in [4.69, 9.17) is 4.42 Å². The fourth-order valence-corrected chi connectivity index (χ4v) is 9.96. The van der Waals surface area contributed by atoms with Crippen LogP contribution in [0.15, 0.2) is 162 Å². The number of para-hydroxylation sites is 4. The molecule has 0 radical (unpaired) electrons. The summed E-state index contributed by atoms with van der Waals surface area (Å²) < 4.78 is 9.31. The maximum absolute atomic E-state index is 6.74. The van der Waals surface area contributed by atoms with Gasteiger partial charge in [-0.3, -0.25) is 0 Å². The molecule has 2 aliphatic carbocycles. The second kappa shape index (κ2) is 11.1. The van der Waals surface area contributed by atoms with Crippen molar-refractivity contribution in [2.45, 2.75) is 56.3 Å². The average molecular weight is 673 g/mol. The molecule has 0 N–H and O–H groups in total. The molecular weight excluding hydrogens is 633 g/mol. The summed E-state index contributed by atoms with van der Waals surface area (Å²) in [7, 11) is 0. The van der Waals surface area contributed by atoms with Crippen LogP contribution in [0, 0.1) is 0 Å². The molecule has 52 heavy (non-hydrogen) atoms. The lowest BCUT2D eigenvalue weighted by Gasteiger charge is -2.44. The molecule has 252 valence electrons. The Labute approximate surface area is 304 Å². The van der Waals surface area contributed by atoms with E-state index in [1.54, 1.807) is 0 Å². The first-order valence-corrected chi connectivity index (χ1v) is 19.0. The zero-order chi connectivity index (χ0) is 34.4. The Morgan fingerprint density at radius 1 is 0.654 bits per heavy atom. The average Bonchev–Trinajstić information content (AvgIpc) is 3.75. The third-order valence-electron chi connectivity index (χ3n) is 12.6. The van der Waals surface area contributed by atoms with E-state index < -0.39 is 0 Å². The lowest BCUT2D eigenvalue weighted by atomic mass is 9.62. The first kappa shape index (κ1) is 29.9. The van der Waals surface area contributed by atoms with Gasteiger partial charge in [-0.1, -0.05) is 123 Å². The lowest BCUT2D eigenvalue weighted by Crippen LogP contribution is -2.35. The number of allylic oxidation sites excluding steroid dienone is 3. The fourth-order valence-electron chi connectivity index (χ4n) is 9.96. The second-order valence-electron chi connectivity index (χ2n) is 15.4. The number of furan rings is 1. The predicted molar refractivity (Wildman–Crippen MR) is 216 cm³/mol. The minimum absolute atomic E-state index is 0.0497. The van der Waals surface area contributed by atoms with Crippen molar-refractivity contribution in [3.05, 3.63) is 174 Å². The number of hydrogen-bond acceptors (Lipinski definition) is 2. The number of benzene rings is 6. The normalized spacial score (nSPS) is 19.1. The van der Waals surface area contributed by atoms with Crippen molar-refractivity contribution in [1.82, 2.24) is 4.57 Å². The van der Waals surface area contributed by atoms with Crippen LogP contribution >= 0.6 is 0 Å². The summed E-state index contributed by atoms with van der Waals surface area (Å²) in [6.45, 7) is 2.42. The molecular formula is C49H40N2O. The number of anilines is 2. The van der Waals surface area contributed by atoms with Gasteiger partial charge in [0, 0.05) is 44.1 Å². The molecule has 11 rings (SSSR count). The molecule has 3 heterocycles. The molecule has 2 aromatic heterocycles. The molecule has 1 saturated carbocycles. The predicted octanol–water partition coefficient (Wildman–Crippen LogP) is 13.2. The topological polar surface area (TPSA) is 21.3 Å². The fraction of sp³-hybridized carbons (Fsp3) is 0.184. The smallest absolute Gasteiger partial charge is 0.145 e. The molecule has 1 spiro atoms. The van der Waals surface area contributed by atoms with Crippen LogP contribution in [0.1, 0.15) is 62.1 Å². The van der Waals surface area contributed by atoms with Crippen molar-refractivity contribution in [2.24, 2.45) is 0 Å². The molecule has 0 saturated heterocycles. The summed E-state index contributed by atoms with van der Waals surface area (Å²) in [6.07, 6.45) is 14.3. The Balaban J connectivity index is 1.10. The van der Waals surface area contributed by atoms with Crippen LogP contribution in [0.4, 0.5) is 11.4 Å². The van der Waals surface area contributed by atoms with Crippen molar-refractivity contribution in [1.29, 1.82) is 0 Å². The second-order valence-corrected chi connectivity index (χ2v) is 15.4. The van der Waals surface area contributed by atoms with E-state index in [2.05, 4.69) is 168 Å². The molecule has 3 aliphatic rings. The Morgan fingerprint density at radius 3 is 2.08 bits per heavy atom. The SMILES string of the molecule is C[C@]1(c2ccc3c(c2)C2(CCCCC2)c2cc4c5ccccc5oc4c4c5ccccc5n-3c24)C=CC(N(c2ccccc2)c2ccccc2)=CC1. The maximum Gasteiger partial charge on any atom is 0.145 e. The molecule has 1 aliphatic heterocycles. The van der Waals surface area contributed by atoms with Crippen LogP contribution in [0.2, 0.25) is 0 Å². The van der Waals surface area contributed by atoms with Crippen LogP contribution in [-0.4, -0.2) is 4.57 Å². The number of rotatable bonds is 4. The monoisotopic (exact) mass is 672 g/mol. The number of fused-ring (bicyclic) bond motifs is 11. The molecule has 0 amide bonds. The van der Waals surface area contributed by atoms with E-state index in [1.807, 2.05) is 0 Å². The third kappa shape index (κ3) is 4.14. The molecule has 0 unspecified atom stereocenters. The molecule has 0 bridgehead atoms. The molecule has 3 nitrogen and oxygen atoms in total. The highest BCUT2D eigenvalue weighted by molar-refractivity contribution is 6.25. The Bertz CT molecular complexity index is 2720. The highest BCUT2D eigenvalue weighted by Gasteiger charge is 2.44. The van der Waals surface area contributed by atoms with Crippen molar-refractivity contribution in [3.63, 3.8) is 0 Å². The van der Waals surface area contributed by atoms with E-state index in [9.17, 15) is 0 Å². The van der Waals surface area contributed by atoms with E-state index in [-0.39, 0.29) is 10.8 Å². The summed E-state index contributed by atoms with van der Waals surface area (Å²) >= 11 is 0. The van der Waals surface area contributed by atoms with Gasteiger partial charge >= 0.3 is 0 Å². The zero-order valence-corrected chi connectivity index (χ0v) is 29.5. The number of hydrogen-bond donors (Lipinski definition) is 0. The van der Waals surface area contributed by atoms with Gasteiger partial charge < -0.3 is 13.9 Å². The van der Waals surface area contributed by atoms with Crippen LogP contribution in [0.3, 0.4) is 0 Å². The number of nitrogens with zero attached hydrogens (tertiary/aromatic N) is 2. The van der Waals surface area contributed by atoms with E-state index >= 15 is 0 Å². The highest BCUT2D eigenvalue weighted by atomic mass is 16.3. The summed E-state index contributed by atoms with van der Waals surface area (Å²) in [5.41, 5.74) is 13.6. The largest absolute Gasteiger partial charge is 0.455 e. The standard InChI is InChI=1S/C49H40N2O/c1-48(29-25-36(26-30-48)50(34-15-5-2-6-16-34)35-17-7-3-8-18-35)33-23-24-43-40(31-33)49(27-13-4-14-28-49)41-32-39-37-19-10-12-22-44(37)52-47(39)45-38-20-9-11-21-42(38)51(43)46(41)45/h2-3,5-12,15-26,29,31-32H,4,13-14,27-28,30H2,1H3/t48-/m0/s1. The van der Waals surface area contributed by atoms with Crippen molar-refractivity contribution < 1.29 is 4.42 Å². The zero-order valence-electron chi connectivity index (χ0n) is 29.5. The minimum atomic E-state index is -0.132. The van der Waals surface area contributed by atoms with Gasteiger partial charge in [-0.2, -0.15) is 0 Å². The maximum atomic E-state index is 6.74. The van der Waals surface area contributed by atoms with Gasteiger partial charge in [-0.25, -0.2) is 0 Å². The Morgan fingerprint density at radius 2 is 1.35 bits per heavy atom. The summed E-state index contributed by atoms with van der Waals surface area (Å²) in [6, 6.07) is 49.0. The van der Waals surface area contributed by atoms with Crippen molar-refractivity contribution >= 4 is 55.1 Å². The van der Waals surface area contributed by atoms with E-state index in [0.717, 1.165) is 17.6 Å². The third-order valence-corrected chi connectivity index (χ3v) is 12.6. The van der Waals surface area contributed by atoms with Crippen LogP contribution in [-0.2, 0) is 10.8 Å². The van der Waals surface area contributed by atoms with E-state index in [0.29, 0.717) is 0 Å². The van der Waals surface area contributed by atoms with Crippen LogP contribution < -0.4 is 4.90 Å². The highest BCUT2D eigenvalue weighted by Crippen LogP contribution is 2.56. The van der Waals surface area contributed by atoms with Gasteiger partial charge in [0.15, 0.2) is 0 Å². The van der Waals surface area contributed by atoms with Crippen LogP contribution in [0.5, 0.6) is 0 Å². The van der Waals surface area contributed by atoms with Gasteiger partial charge in [-0.05, 0) is 90.6 Å². The van der Waals surface area contributed by atoms with Gasteiger partial charge in [0.25, 0.3) is 0 Å². The first-order chi connectivity index (χ1) is 25.6. The van der Waals surface area contributed by atoms with Crippen LogP contribution in [0.25, 0.3) is 49.4 Å². The van der Waals surface area contributed by atoms with Gasteiger partial charge in [0.1, 0.15) is 11.2 Å². The van der Waals surface area contributed by atoms with Gasteiger partial charge in [0.05, 0.1) is 22.1 Å². The summed E-state index contributed by atoms with van der Waals surface area (Å²) in [5, 5.41) is 4.99. The Kier molecular flexibility index (Phi) is 6.38. The lowest BCUT2D eigenvalue weighted by molar-refractivity contribution is 0.344. The van der Waals surface area contributed by atoms with Gasteiger partial charge in [-0.15, -0.1) is 0 Å². The number of aromatic nitrogens is 1. The Hall–Kier alpha value is -5.80. The minimum Gasteiger partial charge on any atom is -0.455 e. The quantitative estimate of drug-likeness (QED) is 0.186. The molecule has 8 aromatic rings. The summed E-state index contributed by atoms with van der Waals surface area (Å²) in [5.74, 6) is 0. The van der Waals surface area contributed by atoms with Crippen molar-refractivity contribution in [2.75, 3.05) is 4.90 Å². The molecule has 6 aromatic carbocycles. The molecule has 1 atom stereocenters. The molecule has 3 heteroatoms.